The van der Waals surface area contributed by atoms with Crippen molar-refractivity contribution >= 4 is 33.5 Å². The Bertz CT molecular complexity index is 1440. The van der Waals surface area contributed by atoms with Crippen molar-refractivity contribution in [3.63, 3.8) is 0 Å². The van der Waals surface area contributed by atoms with E-state index < -0.39 is 69.3 Å². The summed E-state index contributed by atoms with van der Waals surface area (Å²) in [5.41, 5.74) is -4.66. The molecule has 42 heavy (non-hydrogen) atoms. The first-order valence-electron chi connectivity index (χ1n) is 12.3. The van der Waals surface area contributed by atoms with E-state index >= 15 is 0 Å². The number of aliphatic carboxylic acids is 1. The number of benzene rings is 1. The van der Waals surface area contributed by atoms with Crippen molar-refractivity contribution in [2.45, 2.75) is 70.4 Å². The van der Waals surface area contributed by atoms with E-state index in [4.69, 9.17) is 9.47 Å². The van der Waals surface area contributed by atoms with Gasteiger partial charge in [0.1, 0.15) is 11.9 Å². The molecule has 1 aromatic heterocycles. The maximum absolute atomic E-state index is 13.9. The summed E-state index contributed by atoms with van der Waals surface area (Å²) < 4.78 is 110. The molecule has 2 heterocycles. The first kappa shape index (κ1) is 32.7. The van der Waals surface area contributed by atoms with Gasteiger partial charge in [-0.15, -0.1) is 5.10 Å². The van der Waals surface area contributed by atoms with Gasteiger partial charge in [-0.1, -0.05) is 0 Å². The standard InChI is InChI=1S/C24H29F5N4O8S/c1-6-39-18-17(12-32(31-18)20(25)26)42(37,38)33-11-14(10-22(2,3)19(34)35)40-16-8-7-13(9-15(16)33)30-21(36)41-23(4,5)24(27,28)29/h7-9,12,14,20H,6,10-11H2,1-5H3,(H,30,36)(H,34,35)/t14-/m0/s1. The van der Waals surface area contributed by atoms with E-state index in [1.54, 1.807) is 0 Å². The van der Waals surface area contributed by atoms with Crippen molar-refractivity contribution < 1.29 is 59.3 Å². The maximum atomic E-state index is 13.9. The molecule has 2 aromatic rings. The highest BCUT2D eigenvalue weighted by molar-refractivity contribution is 7.93. The molecule has 18 heteroatoms. The second kappa shape index (κ2) is 11.4. The number of halogens is 5. The van der Waals surface area contributed by atoms with Gasteiger partial charge in [0.25, 0.3) is 15.9 Å². The van der Waals surface area contributed by atoms with Crippen molar-refractivity contribution in [2.24, 2.45) is 5.41 Å². The van der Waals surface area contributed by atoms with Crippen molar-refractivity contribution in [2.75, 3.05) is 22.8 Å². The van der Waals surface area contributed by atoms with Crippen LogP contribution in [-0.4, -0.2) is 66.4 Å². The van der Waals surface area contributed by atoms with Gasteiger partial charge in [0.2, 0.25) is 5.60 Å². The third-order valence-corrected chi connectivity index (χ3v) is 7.96. The van der Waals surface area contributed by atoms with E-state index in [2.05, 4.69) is 15.2 Å². The number of alkyl halides is 5. The molecule has 1 amide bonds. The van der Waals surface area contributed by atoms with Gasteiger partial charge in [0, 0.05) is 12.1 Å². The topological polar surface area (TPSA) is 149 Å². The van der Waals surface area contributed by atoms with Crippen LogP contribution < -0.4 is 19.1 Å². The lowest BCUT2D eigenvalue weighted by Crippen LogP contribution is -2.46. The van der Waals surface area contributed by atoms with Gasteiger partial charge in [-0.25, -0.2) is 17.9 Å². The molecular formula is C24H29F5N4O8S. The molecule has 1 atom stereocenters. The highest BCUT2D eigenvalue weighted by Gasteiger charge is 2.51. The van der Waals surface area contributed by atoms with Gasteiger partial charge < -0.3 is 19.3 Å². The Labute approximate surface area is 237 Å². The number of hydrogen-bond donors (Lipinski definition) is 2. The molecule has 0 spiro atoms. The fraction of sp³-hybridized carbons (Fsp3) is 0.542. The van der Waals surface area contributed by atoms with Crippen molar-refractivity contribution in [1.82, 2.24) is 9.78 Å². The smallest absolute Gasteiger partial charge is 0.427 e. The molecule has 2 N–H and O–H groups in total. The van der Waals surface area contributed by atoms with E-state index in [0.717, 1.165) is 10.4 Å². The average Bonchev–Trinajstić information content (AvgIpc) is 3.28. The number of carboxylic acids is 1. The highest BCUT2D eigenvalue weighted by Crippen LogP contribution is 2.42. The maximum Gasteiger partial charge on any atom is 0.427 e. The number of aromatic nitrogens is 2. The number of carboxylic acid groups (broad SMARTS) is 1. The van der Waals surface area contributed by atoms with Crippen LogP contribution in [0.1, 0.15) is 47.6 Å². The van der Waals surface area contributed by atoms with Gasteiger partial charge in [-0.2, -0.15) is 22.0 Å². The van der Waals surface area contributed by atoms with Crippen molar-refractivity contribution in [1.29, 1.82) is 0 Å². The third kappa shape index (κ3) is 6.79. The van der Waals surface area contributed by atoms with Crippen LogP contribution in [0.3, 0.4) is 0 Å². The fourth-order valence-corrected chi connectivity index (χ4v) is 5.37. The zero-order valence-corrected chi connectivity index (χ0v) is 23.8. The second-order valence-electron chi connectivity index (χ2n) is 10.4. The Morgan fingerprint density at radius 2 is 1.86 bits per heavy atom. The first-order valence-corrected chi connectivity index (χ1v) is 13.8. The Morgan fingerprint density at radius 1 is 1.21 bits per heavy atom. The number of ether oxygens (including phenoxy) is 3. The predicted molar refractivity (Wildman–Crippen MR) is 136 cm³/mol. The lowest BCUT2D eigenvalue weighted by Gasteiger charge is -2.37. The molecule has 1 aliphatic heterocycles. The van der Waals surface area contributed by atoms with Gasteiger partial charge >= 0.3 is 24.8 Å². The molecule has 0 bridgehead atoms. The second-order valence-corrected chi connectivity index (χ2v) is 12.2. The van der Waals surface area contributed by atoms with Gasteiger partial charge in [-0.3, -0.25) is 14.4 Å². The molecule has 0 saturated heterocycles. The quantitative estimate of drug-likeness (QED) is 0.346. The zero-order chi connectivity index (χ0) is 31.8. The fourth-order valence-electron chi connectivity index (χ4n) is 3.80. The Hall–Kier alpha value is -3.83. The number of nitrogens with one attached hydrogen (secondary N) is 1. The Kier molecular flexibility index (Phi) is 8.91. The van der Waals surface area contributed by atoms with E-state index in [1.165, 1.54) is 32.9 Å². The van der Waals surface area contributed by atoms with Crippen LogP contribution in [-0.2, 0) is 19.6 Å². The highest BCUT2D eigenvalue weighted by atomic mass is 32.2. The summed E-state index contributed by atoms with van der Waals surface area (Å²) in [4.78, 5) is 23.2. The van der Waals surface area contributed by atoms with E-state index in [1.807, 2.05) is 0 Å². The monoisotopic (exact) mass is 628 g/mol. The van der Waals surface area contributed by atoms with Gasteiger partial charge in [0.05, 0.1) is 30.5 Å². The minimum absolute atomic E-state index is 0.0840. The Morgan fingerprint density at radius 3 is 2.40 bits per heavy atom. The number of carbonyl (C=O) groups is 2. The normalized spacial score (nSPS) is 16.1. The van der Waals surface area contributed by atoms with Crippen LogP contribution in [0.15, 0.2) is 29.3 Å². The summed E-state index contributed by atoms with van der Waals surface area (Å²) in [7, 11) is -4.77. The largest absolute Gasteiger partial charge is 0.486 e. The minimum atomic E-state index is -4.89. The third-order valence-electron chi connectivity index (χ3n) is 6.20. The number of sulfonamides is 1. The molecule has 234 valence electrons. The molecule has 0 radical (unpaired) electrons. The van der Waals surface area contributed by atoms with Gasteiger partial charge in [0.15, 0.2) is 4.90 Å². The first-order chi connectivity index (χ1) is 19.2. The van der Waals surface area contributed by atoms with Crippen LogP contribution in [0.5, 0.6) is 11.6 Å². The van der Waals surface area contributed by atoms with Crippen molar-refractivity contribution in [3.05, 3.63) is 24.4 Å². The lowest BCUT2D eigenvalue weighted by molar-refractivity contribution is -0.242. The number of nitrogens with zero attached hydrogens (tertiary/aromatic N) is 3. The summed E-state index contributed by atoms with van der Waals surface area (Å²) in [6.45, 7) is 1.70. The summed E-state index contributed by atoms with van der Waals surface area (Å²) in [5, 5.41) is 15.1. The van der Waals surface area contributed by atoms with Crippen LogP contribution in [0.4, 0.5) is 38.1 Å². The molecule has 0 unspecified atom stereocenters. The number of carbonyl (C=O) groups excluding carboxylic acids is 1. The molecular weight excluding hydrogens is 599 g/mol. The molecule has 1 aromatic carbocycles. The van der Waals surface area contributed by atoms with Crippen LogP contribution in [0.25, 0.3) is 0 Å². The summed E-state index contributed by atoms with van der Waals surface area (Å²) in [6, 6.07) is 3.45. The summed E-state index contributed by atoms with van der Waals surface area (Å²) >= 11 is 0. The van der Waals surface area contributed by atoms with Crippen LogP contribution >= 0.6 is 0 Å². The predicted octanol–water partition coefficient (Wildman–Crippen LogP) is 5.02. The number of anilines is 2. The van der Waals surface area contributed by atoms with E-state index in [-0.39, 0.29) is 34.8 Å². The molecule has 12 nitrogen and oxygen atoms in total. The minimum Gasteiger partial charge on any atom is -0.486 e. The number of amides is 1. The van der Waals surface area contributed by atoms with Crippen LogP contribution in [0, 0.1) is 5.41 Å². The number of rotatable bonds is 10. The summed E-state index contributed by atoms with van der Waals surface area (Å²) in [6.07, 6.45) is -7.05. The Balaban J connectivity index is 2.08. The van der Waals surface area contributed by atoms with E-state index in [0.29, 0.717) is 20.0 Å². The van der Waals surface area contributed by atoms with Crippen molar-refractivity contribution in [3.8, 4) is 11.6 Å². The molecule has 0 aliphatic carbocycles. The molecule has 0 fully saturated rings. The summed E-state index contributed by atoms with van der Waals surface area (Å²) in [5.74, 6) is -1.92. The zero-order valence-electron chi connectivity index (χ0n) is 23.0. The molecule has 3 rings (SSSR count). The number of fused-ring (bicyclic) bond motifs is 1. The van der Waals surface area contributed by atoms with Crippen LogP contribution in [0.2, 0.25) is 0 Å². The lowest BCUT2D eigenvalue weighted by atomic mass is 9.86. The SMILES string of the molecule is CCOc1nn(C(F)F)cc1S(=O)(=O)N1C[C@H](CC(C)(C)C(=O)O)Oc2ccc(NC(=O)OC(C)(C)C(F)(F)F)cc21. The average molecular weight is 629 g/mol. The molecule has 0 saturated carbocycles. The number of hydrogen-bond acceptors (Lipinski definition) is 8. The van der Waals surface area contributed by atoms with E-state index in [9.17, 15) is 45.1 Å². The van der Waals surface area contributed by atoms with Gasteiger partial charge in [-0.05, 0) is 52.8 Å². The molecule has 1 aliphatic rings.